The smallest absolute Gasteiger partial charge is 0.323 e. The molecule has 0 bridgehead atoms. The van der Waals surface area contributed by atoms with Crippen molar-refractivity contribution in [3.8, 4) is 11.8 Å². The van der Waals surface area contributed by atoms with E-state index in [1.807, 2.05) is 0 Å². The highest BCUT2D eigenvalue weighted by atomic mass is 35.5. The van der Waals surface area contributed by atoms with E-state index in [4.69, 9.17) is 21.4 Å². The summed E-state index contributed by atoms with van der Waals surface area (Å²) in [7, 11) is 0. The molecule has 2 aromatic rings. The van der Waals surface area contributed by atoms with Crippen LogP contribution in [0.25, 0.3) is 11.0 Å². The lowest BCUT2D eigenvalue weighted by Gasteiger charge is -2.37. The number of hydrogen-bond acceptors (Lipinski definition) is 6. The molecule has 0 saturated carbocycles. The number of benzene rings is 1. The van der Waals surface area contributed by atoms with Crippen LogP contribution in [0.2, 0.25) is 5.02 Å². The van der Waals surface area contributed by atoms with Gasteiger partial charge in [0.25, 0.3) is 0 Å². The topological polar surface area (TPSA) is 139 Å². The maximum absolute atomic E-state index is 11.4. The van der Waals surface area contributed by atoms with Gasteiger partial charge in [-0.15, -0.1) is 0 Å². The predicted molar refractivity (Wildman–Crippen MR) is 84.6 cm³/mol. The summed E-state index contributed by atoms with van der Waals surface area (Å²) in [4.78, 5) is 16.6. The molecule has 2 heterocycles. The molecular weight excluding hydrogens is 340 g/mol. The number of aromatic nitrogens is 2. The molecule has 24 heavy (non-hydrogen) atoms. The third kappa shape index (κ3) is 3.06. The molecule has 1 fully saturated rings. The number of hydrogen-bond donors (Lipinski definition) is 6. The van der Waals surface area contributed by atoms with E-state index < -0.39 is 42.8 Å². The van der Waals surface area contributed by atoms with Crippen molar-refractivity contribution in [2.75, 3.05) is 6.61 Å². The molecule has 1 aromatic heterocycles. The minimum absolute atomic E-state index is 0.357. The van der Waals surface area contributed by atoms with Crippen molar-refractivity contribution in [1.82, 2.24) is 9.97 Å². The quantitative estimate of drug-likeness (QED) is 0.352. The molecule has 128 valence electrons. The summed E-state index contributed by atoms with van der Waals surface area (Å²) in [5.41, 5.74) is 0.906. The van der Waals surface area contributed by atoms with Crippen molar-refractivity contribution in [1.29, 1.82) is 0 Å². The van der Waals surface area contributed by atoms with Crippen LogP contribution in [0.5, 0.6) is 0 Å². The van der Waals surface area contributed by atoms with E-state index in [1.54, 1.807) is 6.07 Å². The summed E-state index contributed by atoms with van der Waals surface area (Å²) in [5, 5.41) is 39.0. The molecule has 1 aliphatic rings. The van der Waals surface area contributed by atoms with Gasteiger partial charge in [0.2, 0.25) is 0 Å². The average molecular weight is 355 g/mol. The number of aliphatic hydroxyl groups is 4. The van der Waals surface area contributed by atoms with Crippen LogP contribution in [-0.2, 0) is 4.74 Å². The van der Waals surface area contributed by atoms with Gasteiger partial charge < -0.3 is 35.1 Å². The highest BCUT2D eigenvalue weighted by molar-refractivity contribution is 6.31. The van der Waals surface area contributed by atoms with E-state index in [-0.39, 0.29) is 0 Å². The summed E-state index contributed by atoms with van der Waals surface area (Å²) in [6.45, 7) is -0.532. The molecule has 3 rings (SSSR count). The fraction of sp³-hybridized carbons (Fsp3) is 0.400. The number of aromatic amines is 2. The molecule has 0 amide bonds. The monoisotopic (exact) mass is 354 g/mol. The largest absolute Gasteiger partial charge is 0.394 e. The first-order valence-corrected chi connectivity index (χ1v) is 7.52. The number of nitrogens with one attached hydrogen (secondary N) is 2. The molecule has 5 atom stereocenters. The van der Waals surface area contributed by atoms with Crippen molar-refractivity contribution >= 4 is 22.6 Å². The Morgan fingerprint density at radius 3 is 2.62 bits per heavy atom. The van der Waals surface area contributed by atoms with Gasteiger partial charge in [-0.25, -0.2) is 4.79 Å². The van der Waals surface area contributed by atoms with E-state index in [2.05, 4.69) is 21.8 Å². The summed E-state index contributed by atoms with van der Waals surface area (Å²) >= 11 is 5.98. The first kappa shape index (κ1) is 17.0. The predicted octanol–water partition coefficient (Wildman–Crippen LogP) is -1.30. The van der Waals surface area contributed by atoms with Crippen LogP contribution in [0.15, 0.2) is 16.9 Å². The Labute approximate surface area is 140 Å². The van der Waals surface area contributed by atoms with E-state index >= 15 is 0 Å². The van der Waals surface area contributed by atoms with E-state index in [0.717, 1.165) is 0 Å². The van der Waals surface area contributed by atoms with Gasteiger partial charge in [0.1, 0.15) is 30.5 Å². The van der Waals surface area contributed by atoms with Gasteiger partial charge >= 0.3 is 5.69 Å². The van der Waals surface area contributed by atoms with Gasteiger partial charge in [-0.2, -0.15) is 0 Å². The number of ether oxygens (including phenoxy) is 1. The number of fused-ring (bicyclic) bond motifs is 1. The van der Waals surface area contributed by atoms with E-state index in [0.29, 0.717) is 21.6 Å². The maximum Gasteiger partial charge on any atom is 0.323 e. The highest BCUT2D eigenvalue weighted by Crippen LogP contribution is 2.22. The number of aliphatic hydroxyl groups excluding tert-OH is 4. The Morgan fingerprint density at radius 1 is 1.17 bits per heavy atom. The zero-order valence-corrected chi connectivity index (χ0v) is 13.0. The van der Waals surface area contributed by atoms with Gasteiger partial charge in [0.15, 0.2) is 0 Å². The zero-order chi connectivity index (χ0) is 17.4. The molecule has 0 spiro atoms. The number of H-pyrrole nitrogens is 2. The normalized spacial score (nSPS) is 30.1. The molecule has 1 saturated heterocycles. The Kier molecular flexibility index (Phi) is 4.64. The third-order valence-corrected chi connectivity index (χ3v) is 4.05. The van der Waals surface area contributed by atoms with E-state index in [9.17, 15) is 20.1 Å². The van der Waals surface area contributed by atoms with Crippen LogP contribution in [0.4, 0.5) is 0 Å². The summed E-state index contributed by atoms with van der Waals surface area (Å²) in [6.07, 6.45) is -6.55. The molecule has 0 aliphatic carbocycles. The zero-order valence-electron chi connectivity index (χ0n) is 12.2. The average Bonchev–Trinajstić information content (AvgIpc) is 2.92. The minimum Gasteiger partial charge on any atom is -0.394 e. The van der Waals surface area contributed by atoms with Crippen molar-refractivity contribution in [3.63, 3.8) is 0 Å². The van der Waals surface area contributed by atoms with Crippen molar-refractivity contribution in [2.24, 2.45) is 0 Å². The van der Waals surface area contributed by atoms with Crippen molar-refractivity contribution in [3.05, 3.63) is 33.2 Å². The molecule has 0 unspecified atom stereocenters. The Hall–Kier alpha value is -1.86. The minimum atomic E-state index is -1.50. The summed E-state index contributed by atoms with van der Waals surface area (Å²) in [6, 6.07) is 3.10. The molecular formula is C15H15ClN2O6. The van der Waals surface area contributed by atoms with Crippen LogP contribution < -0.4 is 5.69 Å². The maximum atomic E-state index is 11.4. The van der Waals surface area contributed by atoms with Crippen LogP contribution in [0.3, 0.4) is 0 Å². The summed E-state index contributed by atoms with van der Waals surface area (Å²) in [5.74, 6) is 5.37. The SMILES string of the molecule is O=c1[nH]c2cc(Cl)cc(C#C[C@H]3O[C@H](CO)[C@@H](O)[C@H](O)[C@@H]3O)c2[nH]1. The van der Waals surface area contributed by atoms with Gasteiger partial charge in [0, 0.05) is 5.02 Å². The van der Waals surface area contributed by atoms with Crippen molar-refractivity contribution < 1.29 is 25.2 Å². The molecule has 1 aliphatic heterocycles. The molecule has 6 N–H and O–H groups in total. The fourth-order valence-electron chi connectivity index (χ4n) is 2.58. The summed E-state index contributed by atoms with van der Waals surface area (Å²) < 4.78 is 5.30. The lowest BCUT2D eigenvalue weighted by molar-refractivity contribution is -0.214. The van der Waals surface area contributed by atoms with Gasteiger partial charge in [-0.3, -0.25) is 0 Å². The van der Waals surface area contributed by atoms with Gasteiger partial charge in [0.05, 0.1) is 23.2 Å². The van der Waals surface area contributed by atoms with Gasteiger partial charge in [-0.1, -0.05) is 23.4 Å². The first-order valence-electron chi connectivity index (χ1n) is 7.14. The lowest BCUT2D eigenvalue weighted by Crippen LogP contribution is -2.58. The van der Waals surface area contributed by atoms with Crippen molar-refractivity contribution in [2.45, 2.75) is 30.5 Å². The second kappa shape index (κ2) is 6.57. The Morgan fingerprint density at radius 2 is 1.92 bits per heavy atom. The number of imidazole rings is 1. The van der Waals surface area contributed by atoms with Crippen LogP contribution in [0, 0.1) is 11.8 Å². The van der Waals surface area contributed by atoms with Crippen LogP contribution in [-0.4, -0.2) is 67.5 Å². The third-order valence-electron chi connectivity index (χ3n) is 3.83. The highest BCUT2D eigenvalue weighted by Gasteiger charge is 2.42. The number of halogens is 1. The molecule has 1 aromatic carbocycles. The molecule has 0 radical (unpaired) electrons. The lowest BCUT2D eigenvalue weighted by atomic mass is 9.95. The number of rotatable bonds is 1. The Balaban J connectivity index is 1.96. The fourth-order valence-corrected chi connectivity index (χ4v) is 2.79. The molecule has 8 nitrogen and oxygen atoms in total. The first-order chi connectivity index (χ1) is 11.4. The standard InChI is InChI=1S/C15H15ClN2O6/c16-7-3-6(11-8(4-7)17-15(23)18-11)1-2-9-12(20)14(22)13(21)10(5-19)24-9/h3-4,9-10,12-14,19-22H,5H2,(H2,17,18,23)/t9-,10-,12-,13-,14-/m1/s1. The molecule has 9 heteroatoms. The van der Waals surface area contributed by atoms with Crippen LogP contribution >= 0.6 is 11.6 Å². The van der Waals surface area contributed by atoms with Crippen LogP contribution in [0.1, 0.15) is 5.56 Å². The second-order valence-corrected chi connectivity index (χ2v) is 5.91. The van der Waals surface area contributed by atoms with E-state index in [1.165, 1.54) is 6.07 Å². The Bertz CT molecular complexity index is 864. The second-order valence-electron chi connectivity index (χ2n) is 5.47. The van der Waals surface area contributed by atoms with Gasteiger partial charge in [-0.05, 0) is 12.1 Å².